The minimum absolute atomic E-state index is 0.304. The molecule has 1 saturated heterocycles. The molecule has 1 unspecified atom stereocenters. The number of aryl methyl sites for hydroxylation is 1. The van der Waals surface area contributed by atoms with Crippen LogP contribution in [-0.4, -0.2) is 43.8 Å². The molecule has 0 spiro atoms. The first kappa shape index (κ1) is 13.4. The largest absolute Gasteiger partial charge is 0.382 e. The SMILES string of the molecule is CCN1CCOC(CNc2cccc(C)c2C)C1. The first-order chi connectivity index (χ1) is 8.70. The van der Waals surface area contributed by atoms with Gasteiger partial charge in [0.05, 0.1) is 12.7 Å². The van der Waals surface area contributed by atoms with Crippen molar-refractivity contribution in [1.82, 2.24) is 4.90 Å². The molecule has 0 amide bonds. The zero-order chi connectivity index (χ0) is 13.0. The summed E-state index contributed by atoms with van der Waals surface area (Å²) in [6.45, 7) is 11.5. The Morgan fingerprint density at radius 1 is 1.39 bits per heavy atom. The summed E-state index contributed by atoms with van der Waals surface area (Å²) in [5.41, 5.74) is 3.90. The van der Waals surface area contributed by atoms with Gasteiger partial charge in [-0.1, -0.05) is 19.1 Å². The summed E-state index contributed by atoms with van der Waals surface area (Å²) in [7, 11) is 0. The van der Waals surface area contributed by atoms with E-state index in [4.69, 9.17) is 4.74 Å². The second-order valence-electron chi connectivity index (χ2n) is 5.01. The van der Waals surface area contributed by atoms with Crippen LogP contribution in [0.15, 0.2) is 18.2 Å². The lowest BCUT2D eigenvalue weighted by Gasteiger charge is -2.32. The molecule has 1 atom stereocenters. The van der Waals surface area contributed by atoms with Gasteiger partial charge in [0.25, 0.3) is 0 Å². The summed E-state index contributed by atoms with van der Waals surface area (Å²) in [5.74, 6) is 0. The normalized spacial score (nSPS) is 20.9. The van der Waals surface area contributed by atoms with E-state index in [9.17, 15) is 0 Å². The molecule has 100 valence electrons. The first-order valence-electron chi connectivity index (χ1n) is 6.84. The predicted molar refractivity (Wildman–Crippen MR) is 76.3 cm³/mol. The highest BCUT2D eigenvalue weighted by molar-refractivity contribution is 5.53. The minimum Gasteiger partial charge on any atom is -0.382 e. The van der Waals surface area contributed by atoms with E-state index in [-0.39, 0.29) is 0 Å². The van der Waals surface area contributed by atoms with E-state index in [2.05, 4.69) is 49.2 Å². The van der Waals surface area contributed by atoms with Crippen LogP contribution in [0.25, 0.3) is 0 Å². The Hall–Kier alpha value is -1.06. The fourth-order valence-electron chi connectivity index (χ4n) is 2.36. The van der Waals surface area contributed by atoms with Crippen molar-refractivity contribution in [2.45, 2.75) is 26.9 Å². The molecule has 1 fully saturated rings. The third-order valence-corrected chi connectivity index (χ3v) is 3.79. The number of hydrogen-bond donors (Lipinski definition) is 1. The first-order valence-corrected chi connectivity index (χ1v) is 6.84. The third kappa shape index (κ3) is 3.24. The van der Waals surface area contributed by atoms with Crippen molar-refractivity contribution >= 4 is 5.69 Å². The average molecular weight is 248 g/mol. The molecule has 18 heavy (non-hydrogen) atoms. The topological polar surface area (TPSA) is 24.5 Å². The van der Waals surface area contributed by atoms with Crippen molar-refractivity contribution in [2.75, 3.05) is 38.1 Å². The van der Waals surface area contributed by atoms with E-state index < -0.39 is 0 Å². The fraction of sp³-hybridized carbons (Fsp3) is 0.600. The number of morpholine rings is 1. The highest BCUT2D eigenvalue weighted by Crippen LogP contribution is 2.18. The Morgan fingerprint density at radius 3 is 3.00 bits per heavy atom. The molecule has 3 heteroatoms. The van der Waals surface area contributed by atoms with Crippen LogP contribution in [0.2, 0.25) is 0 Å². The summed E-state index contributed by atoms with van der Waals surface area (Å²) in [6.07, 6.45) is 0.304. The number of ether oxygens (including phenoxy) is 1. The van der Waals surface area contributed by atoms with E-state index in [1.807, 2.05) is 0 Å². The second-order valence-corrected chi connectivity index (χ2v) is 5.01. The number of rotatable bonds is 4. The molecule has 0 aliphatic carbocycles. The van der Waals surface area contributed by atoms with Crippen molar-refractivity contribution in [3.05, 3.63) is 29.3 Å². The molecular weight excluding hydrogens is 224 g/mol. The van der Waals surface area contributed by atoms with E-state index >= 15 is 0 Å². The van der Waals surface area contributed by atoms with Gasteiger partial charge in [0, 0.05) is 25.3 Å². The van der Waals surface area contributed by atoms with Crippen LogP contribution in [0.4, 0.5) is 5.69 Å². The molecule has 1 aliphatic rings. The Kier molecular flexibility index (Phi) is 4.61. The summed E-state index contributed by atoms with van der Waals surface area (Å²) in [5, 5.41) is 3.52. The molecule has 3 nitrogen and oxygen atoms in total. The Morgan fingerprint density at radius 2 is 2.22 bits per heavy atom. The van der Waals surface area contributed by atoms with Crippen molar-refractivity contribution < 1.29 is 4.74 Å². The van der Waals surface area contributed by atoms with Gasteiger partial charge in [-0.15, -0.1) is 0 Å². The van der Waals surface area contributed by atoms with Crippen LogP contribution in [0.5, 0.6) is 0 Å². The van der Waals surface area contributed by atoms with E-state index in [1.54, 1.807) is 0 Å². The highest BCUT2D eigenvalue weighted by atomic mass is 16.5. The van der Waals surface area contributed by atoms with E-state index in [0.717, 1.165) is 32.8 Å². The molecule has 0 bridgehead atoms. The van der Waals surface area contributed by atoms with Crippen LogP contribution in [-0.2, 0) is 4.74 Å². The maximum absolute atomic E-state index is 5.80. The van der Waals surface area contributed by atoms with Crippen LogP contribution in [0, 0.1) is 13.8 Å². The Balaban J connectivity index is 1.89. The zero-order valence-electron chi connectivity index (χ0n) is 11.7. The summed E-state index contributed by atoms with van der Waals surface area (Å²) >= 11 is 0. The standard InChI is InChI=1S/C15H24N2O/c1-4-17-8-9-18-14(11-17)10-16-15-7-5-6-12(2)13(15)3/h5-7,14,16H,4,8-11H2,1-3H3. The van der Waals surface area contributed by atoms with Gasteiger partial charge in [0.15, 0.2) is 0 Å². The molecule has 0 saturated carbocycles. The van der Waals surface area contributed by atoms with Crippen LogP contribution in [0.1, 0.15) is 18.1 Å². The number of nitrogens with zero attached hydrogens (tertiary/aromatic N) is 1. The summed E-state index contributed by atoms with van der Waals surface area (Å²) in [4.78, 5) is 2.44. The van der Waals surface area contributed by atoms with Gasteiger partial charge >= 0.3 is 0 Å². The monoisotopic (exact) mass is 248 g/mol. The van der Waals surface area contributed by atoms with Crippen molar-refractivity contribution in [3.8, 4) is 0 Å². The Labute approximate surface area is 110 Å². The minimum atomic E-state index is 0.304. The highest BCUT2D eigenvalue weighted by Gasteiger charge is 2.18. The van der Waals surface area contributed by atoms with Gasteiger partial charge in [-0.3, -0.25) is 4.90 Å². The molecular formula is C15H24N2O. The number of benzene rings is 1. The van der Waals surface area contributed by atoms with Gasteiger partial charge < -0.3 is 10.1 Å². The molecule has 1 heterocycles. The van der Waals surface area contributed by atoms with Crippen LogP contribution < -0.4 is 5.32 Å². The second kappa shape index (κ2) is 6.21. The van der Waals surface area contributed by atoms with Crippen LogP contribution >= 0.6 is 0 Å². The molecule has 1 N–H and O–H groups in total. The molecule has 1 aromatic rings. The van der Waals surface area contributed by atoms with E-state index in [1.165, 1.54) is 16.8 Å². The van der Waals surface area contributed by atoms with Crippen molar-refractivity contribution in [1.29, 1.82) is 0 Å². The number of likely N-dealkylation sites (N-methyl/N-ethyl adjacent to an activating group) is 1. The lowest BCUT2D eigenvalue weighted by molar-refractivity contribution is -0.0191. The number of hydrogen-bond acceptors (Lipinski definition) is 3. The van der Waals surface area contributed by atoms with Gasteiger partial charge in [0.1, 0.15) is 0 Å². The maximum atomic E-state index is 5.80. The quantitative estimate of drug-likeness (QED) is 0.885. The van der Waals surface area contributed by atoms with E-state index in [0.29, 0.717) is 6.10 Å². The molecule has 0 aromatic heterocycles. The van der Waals surface area contributed by atoms with Gasteiger partial charge in [-0.05, 0) is 37.6 Å². The summed E-state index contributed by atoms with van der Waals surface area (Å²) in [6, 6.07) is 6.39. The van der Waals surface area contributed by atoms with Gasteiger partial charge in [-0.25, -0.2) is 0 Å². The predicted octanol–water partition coefficient (Wildman–Crippen LogP) is 2.44. The zero-order valence-corrected chi connectivity index (χ0v) is 11.7. The van der Waals surface area contributed by atoms with Gasteiger partial charge in [-0.2, -0.15) is 0 Å². The Bertz CT molecular complexity index is 392. The third-order valence-electron chi connectivity index (χ3n) is 3.79. The lowest BCUT2D eigenvalue weighted by atomic mass is 10.1. The number of anilines is 1. The maximum Gasteiger partial charge on any atom is 0.0874 e. The number of nitrogens with one attached hydrogen (secondary N) is 1. The average Bonchev–Trinajstić information content (AvgIpc) is 2.41. The molecule has 1 aliphatic heterocycles. The van der Waals surface area contributed by atoms with Crippen molar-refractivity contribution in [2.24, 2.45) is 0 Å². The van der Waals surface area contributed by atoms with Gasteiger partial charge in [0.2, 0.25) is 0 Å². The van der Waals surface area contributed by atoms with Crippen molar-refractivity contribution in [3.63, 3.8) is 0 Å². The van der Waals surface area contributed by atoms with Crippen LogP contribution in [0.3, 0.4) is 0 Å². The smallest absolute Gasteiger partial charge is 0.0874 e. The molecule has 2 rings (SSSR count). The lowest BCUT2D eigenvalue weighted by Crippen LogP contribution is -2.45. The fourth-order valence-corrected chi connectivity index (χ4v) is 2.36. The molecule has 1 aromatic carbocycles. The summed E-state index contributed by atoms with van der Waals surface area (Å²) < 4.78 is 5.80. The molecule has 0 radical (unpaired) electrons.